The molecule has 0 spiro atoms. The van der Waals surface area contributed by atoms with Crippen LogP contribution in [-0.2, 0) is 4.79 Å². The molecule has 0 bridgehead atoms. The van der Waals surface area contributed by atoms with Crippen molar-refractivity contribution in [2.75, 3.05) is 0 Å². The quantitative estimate of drug-likeness (QED) is 0.340. The van der Waals surface area contributed by atoms with E-state index >= 15 is 0 Å². The second-order valence-corrected chi connectivity index (χ2v) is 5.85. The summed E-state index contributed by atoms with van der Waals surface area (Å²) in [6.45, 7) is 12.2. The third-order valence-corrected chi connectivity index (χ3v) is 3.81. The molecule has 1 nitrogen and oxygen atoms in total. The van der Waals surface area contributed by atoms with Crippen LogP contribution >= 0.6 is 0 Å². The third kappa shape index (κ3) is 9.77. The van der Waals surface area contributed by atoms with Gasteiger partial charge in [-0.3, -0.25) is 0 Å². The minimum atomic E-state index is 0.307. The van der Waals surface area contributed by atoms with Crippen molar-refractivity contribution in [2.45, 2.75) is 66.2 Å². The first-order chi connectivity index (χ1) is 9.51. The Kier molecular flexibility index (Phi) is 11.0. The Morgan fingerprint density at radius 3 is 2.45 bits per heavy atom. The highest BCUT2D eigenvalue weighted by atomic mass is 16.1. The standard InChI is InChI=1S/C19H32O/c1-6-11-19(15-14-16(3)7-2)17(4)12-9-8-10-13-18(5)20/h6,11,14-17H,1,7-10,12-13H2,2-5H3/b15-14-,19-11+. The average Bonchev–Trinajstić information content (AvgIpc) is 2.41. The van der Waals surface area contributed by atoms with Gasteiger partial charge in [0.25, 0.3) is 0 Å². The van der Waals surface area contributed by atoms with Crippen LogP contribution in [0.3, 0.4) is 0 Å². The third-order valence-electron chi connectivity index (χ3n) is 3.81. The lowest BCUT2D eigenvalue weighted by atomic mass is 9.92. The summed E-state index contributed by atoms with van der Waals surface area (Å²) >= 11 is 0. The van der Waals surface area contributed by atoms with E-state index in [1.807, 2.05) is 6.08 Å². The minimum absolute atomic E-state index is 0.307. The summed E-state index contributed by atoms with van der Waals surface area (Å²) in [6.07, 6.45) is 15.0. The van der Waals surface area contributed by atoms with Crippen LogP contribution in [0.2, 0.25) is 0 Å². The van der Waals surface area contributed by atoms with E-state index in [-0.39, 0.29) is 0 Å². The first-order valence-corrected chi connectivity index (χ1v) is 8.01. The van der Waals surface area contributed by atoms with Gasteiger partial charge in [0, 0.05) is 6.42 Å². The maximum Gasteiger partial charge on any atom is 0.129 e. The van der Waals surface area contributed by atoms with Crippen LogP contribution in [0.25, 0.3) is 0 Å². The van der Waals surface area contributed by atoms with Crippen molar-refractivity contribution in [3.8, 4) is 0 Å². The Labute approximate surface area is 125 Å². The Morgan fingerprint density at radius 1 is 1.20 bits per heavy atom. The zero-order valence-electron chi connectivity index (χ0n) is 13.8. The van der Waals surface area contributed by atoms with Gasteiger partial charge in [0.05, 0.1) is 0 Å². The summed E-state index contributed by atoms with van der Waals surface area (Å²) in [5.41, 5.74) is 1.37. The number of hydrogen-bond donors (Lipinski definition) is 0. The normalized spacial score (nSPS) is 15.3. The van der Waals surface area contributed by atoms with Gasteiger partial charge in [-0.05, 0) is 37.2 Å². The molecular weight excluding hydrogens is 244 g/mol. The summed E-state index contributed by atoms with van der Waals surface area (Å²) in [5, 5.41) is 0. The van der Waals surface area contributed by atoms with E-state index in [0.717, 1.165) is 19.3 Å². The fraction of sp³-hybridized carbons (Fsp3) is 0.632. The summed E-state index contributed by atoms with van der Waals surface area (Å²) in [6, 6.07) is 0. The fourth-order valence-electron chi connectivity index (χ4n) is 2.10. The predicted molar refractivity (Wildman–Crippen MR) is 89.8 cm³/mol. The number of carbonyl (C=O) groups excluding carboxylic acids is 1. The van der Waals surface area contributed by atoms with E-state index in [1.165, 1.54) is 24.8 Å². The number of rotatable bonds is 11. The maximum atomic E-state index is 10.9. The minimum Gasteiger partial charge on any atom is -0.300 e. The predicted octanol–water partition coefficient (Wildman–Crippen LogP) is 5.88. The SMILES string of the molecule is C=C/C=C(\C=C/C(C)CC)C(C)CCCCCC(C)=O. The Balaban J connectivity index is 4.20. The average molecular weight is 276 g/mol. The molecule has 0 radical (unpaired) electrons. The van der Waals surface area contributed by atoms with Crippen LogP contribution in [0.4, 0.5) is 0 Å². The fourth-order valence-corrected chi connectivity index (χ4v) is 2.10. The van der Waals surface area contributed by atoms with Crippen molar-refractivity contribution in [2.24, 2.45) is 11.8 Å². The van der Waals surface area contributed by atoms with Crippen molar-refractivity contribution in [1.82, 2.24) is 0 Å². The van der Waals surface area contributed by atoms with E-state index in [0.29, 0.717) is 17.6 Å². The highest BCUT2D eigenvalue weighted by Crippen LogP contribution is 2.21. The first kappa shape index (κ1) is 18.9. The summed E-state index contributed by atoms with van der Waals surface area (Å²) in [5.74, 6) is 1.50. The van der Waals surface area contributed by atoms with Gasteiger partial charge in [0.1, 0.15) is 5.78 Å². The van der Waals surface area contributed by atoms with Crippen molar-refractivity contribution in [3.63, 3.8) is 0 Å². The molecule has 0 aromatic heterocycles. The van der Waals surface area contributed by atoms with Crippen LogP contribution < -0.4 is 0 Å². The number of carbonyl (C=O) groups is 1. The van der Waals surface area contributed by atoms with Crippen molar-refractivity contribution < 1.29 is 4.79 Å². The molecule has 0 N–H and O–H groups in total. The van der Waals surface area contributed by atoms with Gasteiger partial charge >= 0.3 is 0 Å². The number of unbranched alkanes of at least 4 members (excludes halogenated alkanes) is 2. The van der Waals surface area contributed by atoms with E-state index in [1.54, 1.807) is 6.92 Å². The molecule has 2 atom stereocenters. The lowest BCUT2D eigenvalue weighted by Gasteiger charge is -2.13. The van der Waals surface area contributed by atoms with Gasteiger partial charge < -0.3 is 4.79 Å². The number of hydrogen-bond acceptors (Lipinski definition) is 1. The molecule has 0 saturated heterocycles. The van der Waals surface area contributed by atoms with E-state index < -0.39 is 0 Å². The molecule has 114 valence electrons. The topological polar surface area (TPSA) is 17.1 Å². The molecule has 0 aliphatic carbocycles. The Morgan fingerprint density at radius 2 is 1.90 bits per heavy atom. The Bertz CT molecular complexity index is 336. The van der Waals surface area contributed by atoms with Gasteiger partial charge in [-0.2, -0.15) is 0 Å². The van der Waals surface area contributed by atoms with Crippen molar-refractivity contribution >= 4 is 5.78 Å². The molecule has 0 aliphatic heterocycles. The second-order valence-electron chi connectivity index (χ2n) is 5.85. The molecule has 0 saturated carbocycles. The summed E-state index contributed by atoms with van der Waals surface area (Å²) < 4.78 is 0. The molecule has 0 aromatic rings. The number of allylic oxidation sites excluding steroid dienone is 5. The second kappa shape index (κ2) is 11.7. The monoisotopic (exact) mass is 276 g/mol. The first-order valence-electron chi connectivity index (χ1n) is 8.01. The smallest absolute Gasteiger partial charge is 0.129 e. The highest BCUT2D eigenvalue weighted by molar-refractivity contribution is 5.75. The molecular formula is C19H32O. The molecule has 0 fully saturated rings. The molecule has 0 amide bonds. The van der Waals surface area contributed by atoms with Crippen LogP contribution in [0.1, 0.15) is 66.2 Å². The van der Waals surface area contributed by atoms with Gasteiger partial charge in [0.15, 0.2) is 0 Å². The van der Waals surface area contributed by atoms with E-state index in [2.05, 4.69) is 45.6 Å². The van der Waals surface area contributed by atoms with E-state index in [9.17, 15) is 4.79 Å². The molecule has 2 unspecified atom stereocenters. The molecule has 0 aromatic carbocycles. The Hall–Kier alpha value is -1.11. The van der Waals surface area contributed by atoms with Crippen LogP contribution in [-0.4, -0.2) is 5.78 Å². The lowest BCUT2D eigenvalue weighted by molar-refractivity contribution is -0.117. The van der Waals surface area contributed by atoms with Crippen LogP contribution in [0.5, 0.6) is 0 Å². The zero-order valence-corrected chi connectivity index (χ0v) is 13.8. The van der Waals surface area contributed by atoms with Gasteiger partial charge in [0.2, 0.25) is 0 Å². The van der Waals surface area contributed by atoms with Crippen LogP contribution in [0, 0.1) is 11.8 Å². The van der Waals surface area contributed by atoms with Gasteiger partial charge in [-0.15, -0.1) is 0 Å². The molecule has 1 heteroatoms. The molecule has 20 heavy (non-hydrogen) atoms. The molecule has 0 heterocycles. The van der Waals surface area contributed by atoms with Crippen molar-refractivity contribution in [3.05, 3.63) is 36.5 Å². The highest BCUT2D eigenvalue weighted by Gasteiger charge is 2.06. The lowest BCUT2D eigenvalue weighted by Crippen LogP contribution is -1.99. The van der Waals surface area contributed by atoms with Crippen molar-refractivity contribution in [1.29, 1.82) is 0 Å². The zero-order chi connectivity index (χ0) is 15.4. The summed E-state index contributed by atoms with van der Waals surface area (Å²) in [7, 11) is 0. The summed E-state index contributed by atoms with van der Waals surface area (Å²) in [4.78, 5) is 10.9. The molecule has 0 rings (SSSR count). The van der Waals surface area contributed by atoms with Gasteiger partial charge in [-0.1, -0.05) is 70.9 Å². The van der Waals surface area contributed by atoms with Crippen LogP contribution in [0.15, 0.2) is 36.5 Å². The number of Topliss-reactive ketones (excluding diaryl/α,β-unsaturated/α-hetero) is 1. The maximum absolute atomic E-state index is 10.9. The number of ketones is 1. The van der Waals surface area contributed by atoms with E-state index in [4.69, 9.17) is 0 Å². The largest absolute Gasteiger partial charge is 0.300 e. The van der Waals surface area contributed by atoms with Gasteiger partial charge in [-0.25, -0.2) is 0 Å². The molecule has 0 aliphatic rings.